The Balaban J connectivity index is 2.51. The number of para-hydroxylation sites is 1. The molecule has 0 bridgehead atoms. The summed E-state index contributed by atoms with van der Waals surface area (Å²) in [5.41, 5.74) is 3.18. The predicted octanol–water partition coefficient (Wildman–Crippen LogP) is 4.15. The molecule has 2 aromatic carbocycles. The van der Waals surface area contributed by atoms with Gasteiger partial charge < -0.3 is 10.1 Å². The highest BCUT2D eigenvalue weighted by molar-refractivity contribution is 6.08. The van der Waals surface area contributed by atoms with Crippen molar-refractivity contribution in [1.82, 2.24) is 4.98 Å². The Morgan fingerprint density at radius 2 is 1.76 bits per heavy atom. The van der Waals surface area contributed by atoms with E-state index in [4.69, 9.17) is 0 Å². The first-order valence-corrected chi connectivity index (χ1v) is 5.91. The van der Waals surface area contributed by atoms with Crippen LogP contribution in [0.4, 0.5) is 0 Å². The minimum Gasteiger partial charge on any atom is -0.508 e. The molecular formula is C15H15NO. The second-order valence-corrected chi connectivity index (χ2v) is 4.75. The third-order valence-corrected chi connectivity index (χ3v) is 3.28. The number of aromatic nitrogens is 1. The summed E-state index contributed by atoms with van der Waals surface area (Å²) < 4.78 is 0. The number of rotatable bonds is 1. The number of benzene rings is 2. The Kier molecular flexibility index (Phi) is 2.11. The van der Waals surface area contributed by atoms with E-state index in [0.717, 1.165) is 16.6 Å². The minimum atomic E-state index is 0.298. The lowest BCUT2D eigenvalue weighted by Crippen LogP contribution is -1.89. The van der Waals surface area contributed by atoms with Crippen LogP contribution in [0.1, 0.15) is 25.3 Å². The summed E-state index contributed by atoms with van der Waals surface area (Å²) in [6, 6.07) is 12.0. The number of hydrogen-bond donors (Lipinski definition) is 2. The highest BCUT2D eigenvalue weighted by atomic mass is 16.3. The van der Waals surface area contributed by atoms with Crippen molar-refractivity contribution in [2.45, 2.75) is 19.8 Å². The molecule has 86 valence electrons. The lowest BCUT2D eigenvalue weighted by molar-refractivity contribution is 0.466. The van der Waals surface area contributed by atoms with Gasteiger partial charge in [0.2, 0.25) is 0 Å². The van der Waals surface area contributed by atoms with E-state index in [1.54, 1.807) is 6.07 Å². The van der Waals surface area contributed by atoms with E-state index < -0.39 is 0 Å². The maximum atomic E-state index is 9.98. The molecule has 0 spiro atoms. The zero-order chi connectivity index (χ0) is 12.0. The number of hydrogen-bond acceptors (Lipinski definition) is 1. The molecule has 1 heterocycles. The zero-order valence-electron chi connectivity index (χ0n) is 9.99. The standard InChI is InChI=1S/C15H15NO/c1-9(2)14-13(17)8-7-11-10-5-3-4-6-12(10)16-15(11)14/h3-9,16-17H,1-2H3. The molecule has 0 atom stereocenters. The molecular weight excluding hydrogens is 210 g/mol. The molecule has 1 aromatic heterocycles. The van der Waals surface area contributed by atoms with Crippen molar-refractivity contribution in [1.29, 1.82) is 0 Å². The van der Waals surface area contributed by atoms with E-state index in [1.165, 1.54) is 10.8 Å². The normalized spacial score (nSPS) is 11.7. The van der Waals surface area contributed by atoms with Gasteiger partial charge in [0.05, 0.1) is 5.52 Å². The Bertz CT molecular complexity index is 695. The minimum absolute atomic E-state index is 0.298. The number of aromatic amines is 1. The summed E-state index contributed by atoms with van der Waals surface area (Å²) in [6.07, 6.45) is 0. The Morgan fingerprint density at radius 1 is 1.00 bits per heavy atom. The van der Waals surface area contributed by atoms with Crippen molar-refractivity contribution < 1.29 is 5.11 Å². The van der Waals surface area contributed by atoms with Crippen molar-refractivity contribution in [3.63, 3.8) is 0 Å². The van der Waals surface area contributed by atoms with Crippen LogP contribution in [0.2, 0.25) is 0 Å². The summed E-state index contributed by atoms with van der Waals surface area (Å²) in [7, 11) is 0. The van der Waals surface area contributed by atoms with Crippen LogP contribution in [0.5, 0.6) is 5.75 Å². The Labute approximate surface area is 99.9 Å². The first kappa shape index (κ1) is 10.2. The van der Waals surface area contributed by atoms with E-state index in [0.29, 0.717) is 11.7 Å². The van der Waals surface area contributed by atoms with Gasteiger partial charge in [-0.25, -0.2) is 0 Å². The topological polar surface area (TPSA) is 36.0 Å². The largest absolute Gasteiger partial charge is 0.508 e. The summed E-state index contributed by atoms with van der Waals surface area (Å²) >= 11 is 0. The maximum Gasteiger partial charge on any atom is 0.121 e. The smallest absolute Gasteiger partial charge is 0.121 e. The Hall–Kier alpha value is -1.96. The van der Waals surface area contributed by atoms with Crippen LogP contribution < -0.4 is 0 Å². The first-order chi connectivity index (χ1) is 8.18. The van der Waals surface area contributed by atoms with E-state index in [2.05, 4.69) is 31.0 Å². The zero-order valence-corrected chi connectivity index (χ0v) is 9.99. The maximum absolute atomic E-state index is 9.98. The molecule has 0 aliphatic rings. The molecule has 3 rings (SSSR count). The third kappa shape index (κ3) is 1.41. The average Bonchev–Trinajstić information content (AvgIpc) is 2.66. The van der Waals surface area contributed by atoms with Crippen LogP contribution >= 0.6 is 0 Å². The summed E-state index contributed by atoms with van der Waals surface area (Å²) in [4.78, 5) is 3.41. The van der Waals surface area contributed by atoms with Crippen LogP contribution in [0.25, 0.3) is 21.8 Å². The van der Waals surface area contributed by atoms with Crippen molar-refractivity contribution in [3.05, 3.63) is 42.0 Å². The van der Waals surface area contributed by atoms with Crippen molar-refractivity contribution in [2.75, 3.05) is 0 Å². The summed E-state index contributed by atoms with van der Waals surface area (Å²) in [6.45, 7) is 4.19. The number of phenols is 1. The molecule has 0 aliphatic carbocycles. The molecule has 0 amide bonds. The monoisotopic (exact) mass is 225 g/mol. The van der Waals surface area contributed by atoms with Gasteiger partial charge in [0.25, 0.3) is 0 Å². The average molecular weight is 225 g/mol. The van der Waals surface area contributed by atoms with Gasteiger partial charge in [-0.15, -0.1) is 0 Å². The number of nitrogens with one attached hydrogen (secondary N) is 1. The molecule has 0 unspecified atom stereocenters. The third-order valence-electron chi connectivity index (χ3n) is 3.28. The van der Waals surface area contributed by atoms with E-state index in [9.17, 15) is 5.11 Å². The number of aromatic hydroxyl groups is 1. The second-order valence-electron chi connectivity index (χ2n) is 4.75. The van der Waals surface area contributed by atoms with Gasteiger partial charge in [-0.05, 0) is 24.1 Å². The van der Waals surface area contributed by atoms with Gasteiger partial charge in [-0.3, -0.25) is 0 Å². The number of phenolic OH excluding ortho intramolecular Hbond substituents is 1. The van der Waals surface area contributed by atoms with Crippen LogP contribution in [-0.4, -0.2) is 10.1 Å². The SMILES string of the molecule is CC(C)c1c(O)ccc2c1[nH]c1ccccc12. The quantitative estimate of drug-likeness (QED) is 0.641. The van der Waals surface area contributed by atoms with Gasteiger partial charge in [0.15, 0.2) is 0 Å². The fourth-order valence-electron chi connectivity index (χ4n) is 2.51. The van der Waals surface area contributed by atoms with E-state index >= 15 is 0 Å². The van der Waals surface area contributed by atoms with E-state index in [1.807, 2.05) is 18.2 Å². The van der Waals surface area contributed by atoms with Gasteiger partial charge in [-0.2, -0.15) is 0 Å². The molecule has 2 N–H and O–H groups in total. The molecule has 0 saturated carbocycles. The lowest BCUT2D eigenvalue weighted by atomic mass is 9.99. The highest BCUT2D eigenvalue weighted by Crippen LogP contribution is 2.36. The molecule has 0 radical (unpaired) electrons. The second kappa shape index (κ2) is 3.52. The predicted molar refractivity (Wildman–Crippen MR) is 71.6 cm³/mol. The van der Waals surface area contributed by atoms with Crippen molar-refractivity contribution >= 4 is 21.8 Å². The van der Waals surface area contributed by atoms with Gasteiger partial charge >= 0.3 is 0 Å². The fraction of sp³-hybridized carbons (Fsp3) is 0.200. The highest BCUT2D eigenvalue weighted by Gasteiger charge is 2.14. The molecule has 0 aliphatic heterocycles. The lowest BCUT2D eigenvalue weighted by Gasteiger charge is -2.09. The number of H-pyrrole nitrogens is 1. The van der Waals surface area contributed by atoms with Crippen LogP contribution in [0.15, 0.2) is 36.4 Å². The molecule has 2 heteroatoms. The number of fused-ring (bicyclic) bond motifs is 3. The van der Waals surface area contributed by atoms with Gasteiger partial charge in [0, 0.05) is 21.9 Å². The molecule has 0 fully saturated rings. The molecule has 0 saturated heterocycles. The van der Waals surface area contributed by atoms with Gasteiger partial charge in [0.1, 0.15) is 5.75 Å². The summed E-state index contributed by atoms with van der Waals surface area (Å²) in [5.74, 6) is 0.672. The van der Waals surface area contributed by atoms with Gasteiger partial charge in [-0.1, -0.05) is 32.0 Å². The van der Waals surface area contributed by atoms with Crippen LogP contribution in [0, 0.1) is 0 Å². The Morgan fingerprint density at radius 3 is 2.53 bits per heavy atom. The summed E-state index contributed by atoms with van der Waals surface area (Å²) in [5, 5.41) is 12.4. The van der Waals surface area contributed by atoms with Crippen molar-refractivity contribution in [2.24, 2.45) is 0 Å². The fourth-order valence-corrected chi connectivity index (χ4v) is 2.51. The van der Waals surface area contributed by atoms with E-state index in [-0.39, 0.29) is 0 Å². The van der Waals surface area contributed by atoms with Crippen LogP contribution in [0.3, 0.4) is 0 Å². The molecule has 2 nitrogen and oxygen atoms in total. The molecule has 17 heavy (non-hydrogen) atoms. The first-order valence-electron chi connectivity index (χ1n) is 5.91. The van der Waals surface area contributed by atoms with Crippen molar-refractivity contribution in [3.8, 4) is 5.75 Å². The van der Waals surface area contributed by atoms with Crippen LogP contribution in [-0.2, 0) is 0 Å². The molecule has 3 aromatic rings.